The molecule has 0 spiro atoms. The van der Waals surface area contributed by atoms with Crippen LogP contribution < -0.4 is 5.73 Å². The molecule has 0 amide bonds. The summed E-state index contributed by atoms with van der Waals surface area (Å²) in [5, 5.41) is 0.951. The van der Waals surface area contributed by atoms with Gasteiger partial charge in [0.15, 0.2) is 6.04 Å². The molecular weight excluding hydrogens is 275 g/mol. The predicted molar refractivity (Wildman–Crippen MR) is 70.6 cm³/mol. The molecule has 0 radical (unpaired) electrons. The fraction of sp³-hybridized carbons (Fsp3) is 0.500. The second-order valence-corrected chi connectivity index (χ2v) is 5.20. The van der Waals surface area contributed by atoms with Crippen LogP contribution in [0.4, 0.5) is 0 Å². The molecule has 6 heteroatoms. The van der Waals surface area contributed by atoms with E-state index >= 15 is 0 Å². The molecule has 0 aliphatic rings. The monoisotopic (exact) mass is 291 g/mol. The van der Waals surface area contributed by atoms with Crippen molar-refractivity contribution < 1.29 is 15.3 Å². The third-order valence-electron chi connectivity index (χ3n) is 2.68. The molecule has 3 atom stereocenters. The topological polar surface area (TPSA) is 66.8 Å². The normalized spacial score (nSPS) is 15.9. The number of halogens is 2. The second-order valence-electron chi connectivity index (χ2n) is 4.35. The number of pyridine rings is 1. The smallest absolute Gasteiger partial charge is 0.364 e. The highest BCUT2D eigenvalue weighted by Crippen LogP contribution is 2.28. The number of esters is 1. The lowest BCUT2D eigenvalue weighted by atomic mass is 10.0. The third kappa shape index (κ3) is 3.83. The van der Waals surface area contributed by atoms with E-state index in [1.54, 1.807) is 19.9 Å². The van der Waals surface area contributed by atoms with Gasteiger partial charge >= 0.3 is 5.97 Å². The molecular formula is C12H17Cl2N2O2+. The van der Waals surface area contributed by atoms with Crippen molar-refractivity contribution in [1.82, 2.24) is 4.98 Å². The van der Waals surface area contributed by atoms with Crippen LogP contribution in [0.25, 0.3) is 0 Å². The van der Waals surface area contributed by atoms with Crippen molar-refractivity contribution in [2.75, 3.05) is 0 Å². The molecule has 2 unspecified atom stereocenters. The molecule has 1 rings (SSSR count). The van der Waals surface area contributed by atoms with Gasteiger partial charge in [0.05, 0.1) is 15.7 Å². The van der Waals surface area contributed by atoms with Crippen LogP contribution in [0.2, 0.25) is 10.0 Å². The molecule has 0 aromatic carbocycles. The van der Waals surface area contributed by atoms with Crippen LogP contribution in [-0.2, 0) is 9.53 Å². The van der Waals surface area contributed by atoms with E-state index in [1.165, 1.54) is 6.20 Å². The molecule has 0 aliphatic carbocycles. The molecule has 100 valence electrons. The molecule has 0 bridgehead atoms. The van der Waals surface area contributed by atoms with Crippen LogP contribution >= 0.6 is 23.2 Å². The van der Waals surface area contributed by atoms with Gasteiger partial charge in [-0.3, -0.25) is 4.98 Å². The molecule has 0 aliphatic heterocycles. The number of aromatic nitrogens is 1. The summed E-state index contributed by atoms with van der Waals surface area (Å²) >= 11 is 11.9. The number of carbonyl (C=O) groups excluding carboxylic acids is 1. The van der Waals surface area contributed by atoms with Crippen LogP contribution in [0.3, 0.4) is 0 Å². The van der Waals surface area contributed by atoms with Gasteiger partial charge in [-0.15, -0.1) is 0 Å². The zero-order chi connectivity index (χ0) is 13.9. The van der Waals surface area contributed by atoms with Crippen molar-refractivity contribution in [3.8, 4) is 0 Å². The Morgan fingerprint density at radius 3 is 2.50 bits per heavy atom. The number of hydrogen-bond acceptors (Lipinski definition) is 3. The molecule has 0 fully saturated rings. The molecule has 18 heavy (non-hydrogen) atoms. The molecule has 3 N–H and O–H groups in total. The predicted octanol–water partition coefficient (Wildman–Crippen LogP) is 2.05. The summed E-state index contributed by atoms with van der Waals surface area (Å²) in [6.07, 6.45) is 1.20. The summed E-state index contributed by atoms with van der Waals surface area (Å²) in [6, 6.07) is 1.23. The summed E-state index contributed by atoms with van der Waals surface area (Å²) in [4.78, 5) is 15.6. The maximum Gasteiger partial charge on any atom is 0.364 e. The van der Waals surface area contributed by atoms with Gasteiger partial charge in [-0.1, -0.05) is 30.1 Å². The lowest BCUT2D eigenvalue weighted by molar-refractivity contribution is -0.403. The molecule has 1 aromatic rings. The zero-order valence-corrected chi connectivity index (χ0v) is 12.1. The molecule has 0 saturated heterocycles. The van der Waals surface area contributed by atoms with E-state index in [1.807, 2.05) is 6.92 Å². The number of rotatable bonds is 4. The van der Waals surface area contributed by atoms with Gasteiger partial charge in [-0.25, -0.2) is 4.79 Å². The van der Waals surface area contributed by atoms with E-state index in [9.17, 15) is 4.79 Å². The first-order valence-electron chi connectivity index (χ1n) is 5.67. The van der Waals surface area contributed by atoms with E-state index in [4.69, 9.17) is 27.9 Å². The quantitative estimate of drug-likeness (QED) is 0.864. The van der Waals surface area contributed by atoms with Crippen molar-refractivity contribution in [3.05, 3.63) is 28.0 Å². The highest BCUT2D eigenvalue weighted by atomic mass is 35.5. The summed E-state index contributed by atoms with van der Waals surface area (Å²) < 4.78 is 5.28. The van der Waals surface area contributed by atoms with Crippen LogP contribution in [0.15, 0.2) is 12.3 Å². The summed E-state index contributed by atoms with van der Waals surface area (Å²) in [5.74, 6) is -0.447. The number of ether oxygens (including phenoxy) is 1. The minimum atomic E-state index is -0.395. The number of nitrogens with zero attached hydrogens (tertiary/aromatic N) is 1. The fourth-order valence-electron chi connectivity index (χ4n) is 1.38. The summed E-state index contributed by atoms with van der Waals surface area (Å²) in [7, 11) is 0. The van der Waals surface area contributed by atoms with E-state index in [-0.39, 0.29) is 18.0 Å². The first-order chi connectivity index (χ1) is 8.32. The van der Waals surface area contributed by atoms with Crippen molar-refractivity contribution in [2.45, 2.75) is 38.8 Å². The van der Waals surface area contributed by atoms with Crippen molar-refractivity contribution in [2.24, 2.45) is 0 Å². The standard InChI is InChI=1S/C12H16Cl2N2O2/c1-6(8(3)18-12(17)7(2)15)11-10(14)4-9(13)5-16-11/h4-8H,15H2,1-3H3/p+1/t6?,7-,8?/m0/s1. The Kier molecular flexibility index (Phi) is 5.38. The maximum absolute atomic E-state index is 11.5. The second kappa shape index (κ2) is 6.36. The molecule has 1 aromatic heterocycles. The zero-order valence-electron chi connectivity index (χ0n) is 10.6. The lowest BCUT2D eigenvalue weighted by Gasteiger charge is -2.21. The van der Waals surface area contributed by atoms with E-state index in [2.05, 4.69) is 10.7 Å². The van der Waals surface area contributed by atoms with Gasteiger partial charge in [0.25, 0.3) is 0 Å². The average molecular weight is 292 g/mol. The number of quaternary nitrogens is 1. The number of hydrogen-bond donors (Lipinski definition) is 1. The van der Waals surface area contributed by atoms with Gasteiger partial charge in [0, 0.05) is 12.1 Å². The molecule has 1 heterocycles. The Balaban J connectivity index is 2.80. The lowest BCUT2D eigenvalue weighted by Crippen LogP contribution is -2.63. The van der Waals surface area contributed by atoms with E-state index < -0.39 is 6.04 Å². The van der Waals surface area contributed by atoms with Gasteiger partial charge in [-0.2, -0.15) is 0 Å². The van der Waals surface area contributed by atoms with Gasteiger partial charge in [0.2, 0.25) is 0 Å². The Bertz CT molecular complexity index is 438. The minimum absolute atomic E-state index is 0.113. The Labute approximate surface area is 116 Å². The Hall–Kier alpha value is -0.840. The van der Waals surface area contributed by atoms with Crippen molar-refractivity contribution in [3.63, 3.8) is 0 Å². The Morgan fingerprint density at radius 1 is 1.39 bits per heavy atom. The SMILES string of the molecule is CC(OC(=O)[C@H](C)[NH3+])C(C)c1ncc(Cl)cc1Cl. The highest BCUT2D eigenvalue weighted by Gasteiger charge is 2.24. The Morgan fingerprint density at radius 2 is 2.00 bits per heavy atom. The molecule has 0 saturated carbocycles. The summed E-state index contributed by atoms with van der Waals surface area (Å²) in [6.45, 7) is 5.39. The number of carbonyl (C=O) groups is 1. The van der Waals surface area contributed by atoms with Crippen LogP contribution in [0.1, 0.15) is 32.4 Å². The van der Waals surface area contributed by atoms with Crippen molar-refractivity contribution >= 4 is 29.2 Å². The van der Waals surface area contributed by atoms with Gasteiger partial charge in [0.1, 0.15) is 6.10 Å². The third-order valence-corrected chi connectivity index (χ3v) is 3.19. The average Bonchev–Trinajstić information content (AvgIpc) is 2.27. The minimum Gasteiger partial charge on any atom is -0.458 e. The van der Waals surface area contributed by atoms with Crippen molar-refractivity contribution in [1.29, 1.82) is 0 Å². The first-order valence-corrected chi connectivity index (χ1v) is 6.43. The van der Waals surface area contributed by atoms with E-state index in [0.29, 0.717) is 15.7 Å². The maximum atomic E-state index is 11.5. The van der Waals surface area contributed by atoms with Crippen LogP contribution in [-0.4, -0.2) is 23.1 Å². The van der Waals surface area contributed by atoms with Crippen LogP contribution in [0.5, 0.6) is 0 Å². The summed E-state index contributed by atoms with van der Waals surface area (Å²) in [5.41, 5.74) is 4.28. The fourth-order valence-corrected chi connectivity index (χ4v) is 1.94. The van der Waals surface area contributed by atoms with Crippen LogP contribution in [0, 0.1) is 0 Å². The van der Waals surface area contributed by atoms with Gasteiger partial charge < -0.3 is 10.5 Å². The first kappa shape index (κ1) is 15.2. The van der Waals surface area contributed by atoms with E-state index in [0.717, 1.165) is 0 Å². The molecule has 4 nitrogen and oxygen atoms in total. The highest BCUT2D eigenvalue weighted by molar-refractivity contribution is 6.34. The van der Waals surface area contributed by atoms with Gasteiger partial charge in [-0.05, 0) is 19.9 Å². The largest absolute Gasteiger partial charge is 0.458 e.